The maximum atomic E-state index is 12.4. The van der Waals surface area contributed by atoms with Crippen molar-refractivity contribution in [3.63, 3.8) is 0 Å². The highest BCUT2D eigenvalue weighted by Gasteiger charge is 2.10. The lowest BCUT2D eigenvalue weighted by molar-refractivity contribution is 0.102. The Morgan fingerprint density at radius 3 is 2.50 bits per heavy atom. The molecule has 1 amide bonds. The average molecular weight is 366 g/mol. The van der Waals surface area contributed by atoms with Crippen LogP contribution in [0, 0.1) is 6.92 Å². The zero-order chi connectivity index (χ0) is 18.5. The monoisotopic (exact) mass is 365 g/mol. The molecule has 0 radical (unpaired) electrons. The Morgan fingerprint density at radius 2 is 1.85 bits per heavy atom. The Kier molecular flexibility index (Phi) is 5.54. The number of nitrogens with zero attached hydrogens (tertiary/aromatic N) is 1. The fourth-order valence-electron chi connectivity index (χ4n) is 2.62. The van der Waals surface area contributed by atoms with Crippen molar-refractivity contribution >= 4 is 29.0 Å². The zero-order valence-electron chi connectivity index (χ0n) is 14.7. The summed E-state index contributed by atoms with van der Waals surface area (Å²) in [4.78, 5) is 16.8. The number of amides is 1. The molecule has 26 heavy (non-hydrogen) atoms. The van der Waals surface area contributed by atoms with Gasteiger partial charge in [0.25, 0.3) is 5.91 Å². The summed E-state index contributed by atoms with van der Waals surface area (Å²) >= 11 is 5.94. The van der Waals surface area contributed by atoms with Crippen LogP contribution in [0.25, 0.3) is 0 Å². The minimum absolute atomic E-state index is 0.125. The number of anilines is 2. The second-order valence-corrected chi connectivity index (χ2v) is 6.56. The summed E-state index contributed by atoms with van der Waals surface area (Å²) in [5.74, 6) is 0.520. The third-order valence-electron chi connectivity index (χ3n) is 4.13. The Labute approximate surface area is 158 Å². The van der Waals surface area contributed by atoms with Gasteiger partial charge < -0.3 is 10.6 Å². The van der Waals surface area contributed by atoms with E-state index in [4.69, 9.17) is 11.6 Å². The fraction of sp³-hybridized carbons (Fsp3) is 0.143. The maximum Gasteiger partial charge on any atom is 0.257 e. The van der Waals surface area contributed by atoms with E-state index in [9.17, 15) is 4.79 Å². The molecule has 3 rings (SSSR count). The number of rotatable bonds is 5. The molecule has 4 nitrogen and oxygen atoms in total. The van der Waals surface area contributed by atoms with Gasteiger partial charge in [-0.25, -0.2) is 4.98 Å². The van der Waals surface area contributed by atoms with Crippen molar-refractivity contribution < 1.29 is 4.79 Å². The van der Waals surface area contributed by atoms with Crippen LogP contribution in [0.15, 0.2) is 66.9 Å². The molecule has 0 fully saturated rings. The molecule has 5 heteroatoms. The smallest absolute Gasteiger partial charge is 0.257 e. The highest BCUT2D eigenvalue weighted by atomic mass is 35.5. The maximum absolute atomic E-state index is 12.4. The molecule has 132 valence electrons. The largest absolute Gasteiger partial charge is 0.364 e. The normalized spacial score (nSPS) is 11.7. The molecule has 2 N–H and O–H groups in total. The Morgan fingerprint density at radius 1 is 1.08 bits per heavy atom. The first-order valence-electron chi connectivity index (χ1n) is 8.38. The molecule has 1 atom stereocenters. The number of aryl methyl sites for hydroxylation is 1. The molecule has 1 aromatic heterocycles. The number of halogens is 1. The molecular formula is C21H20ClN3O. The van der Waals surface area contributed by atoms with Crippen molar-refractivity contribution in [2.75, 3.05) is 10.6 Å². The van der Waals surface area contributed by atoms with Crippen LogP contribution in [-0.2, 0) is 0 Å². The van der Waals surface area contributed by atoms with E-state index in [0.717, 1.165) is 17.1 Å². The molecule has 0 aliphatic heterocycles. The lowest BCUT2D eigenvalue weighted by Crippen LogP contribution is -2.14. The minimum Gasteiger partial charge on any atom is -0.364 e. The van der Waals surface area contributed by atoms with Crippen molar-refractivity contribution in [2.24, 2.45) is 0 Å². The first kappa shape index (κ1) is 18.0. The fourth-order valence-corrected chi connectivity index (χ4v) is 2.85. The van der Waals surface area contributed by atoms with Crippen LogP contribution in [0.4, 0.5) is 11.5 Å². The number of carbonyl (C=O) groups excluding carboxylic acids is 1. The van der Waals surface area contributed by atoms with Crippen molar-refractivity contribution in [3.8, 4) is 0 Å². The number of nitrogens with one attached hydrogen (secondary N) is 2. The molecule has 0 aliphatic rings. The molecule has 1 unspecified atom stereocenters. The standard InChI is InChI=1S/C21H20ClN3O/c1-14-12-18(22)9-10-19(14)25-21(26)17-8-11-20(23-13-17)24-15(2)16-6-4-3-5-7-16/h3-13,15H,1-2H3,(H,23,24)(H,25,26). The lowest BCUT2D eigenvalue weighted by Gasteiger charge is -2.15. The van der Waals surface area contributed by atoms with Crippen LogP contribution < -0.4 is 10.6 Å². The molecule has 1 heterocycles. The molecular weight excluding hydrogens is 346 g/mol. The summed E-state index contributed by atoms with van der Waals surface area (Å²) in [6, 6.07) is 19.2. The van der Waals surface area contributed by atoms with Crippen molar-refractivity contribution in [1.82, 2.24) is 4.98 Å². The van der Waals surface area contributed by atoms with Crippen molar-refractivity contribution in [2.45, 2.75) is 19.9 Å². The van der Waals surface area contributed by atoms with Crippen LogP contribution in [0.2, 0.25) is 5.02 Å². The van der Waals surface area contributed by atoms with Crippen molar-refractivity contribution in [1.29, 1.82) is 0 Å². The van der Waals surface area contributed by atoms with Gasteiger partial charge in [-0.05, 0) is 55.3 Å². The van der Waals surface area contributed by atoms with Gasteiger partial charge in [-0.3, -0.25) is 4.79 Å². The third-order valence-corrected chi connectivity index (χ3v) is 4.36. The highest BCUT2D eigenvalue weighted by molar-refractivity contribution is 6.30. The van der Waals surface area contributed by atoms with Gasteiger partial charge in [-0.2, -0.15) is 0 Å². The van der Waals surface area contributed by atoms with Crippen LogP contribution in [0.5, 0.6) is 0 Å². The SMILES string of the molecule is Cc1cc(Cl)ccc1NC(=O)c1ccc(NC(C)c2ccccc2)nc1. The van der Waals surface area contributed by atoms with E-state index in [0.29, 0.717) is 10.6 Å². The number of pyridine rings is 1. The van der Waals surface area contributed by atoms with E-state index in [1.165, 1.54) is 5.56 Å². The number of carbonyl (C=O) groups is 1. The molecule has 0 aliphatic carbocycles. The quantitative estimate of drug-likeness (QED) is 0.630. The molecule has 3 aromatic rings. The second kappa shape index (κ2) is 8.02. The minimum atomic E-state index is -0.203. The first-order chi connectivity index (χ1) is 12.5. The van der Waals surface area contributed by atoms with E-state index in [2.05, 4.69) is 34.7 Å². The van der Waals surface area contributed by atoms with Crippen LogP contribution in [-0.4, -0.2) is 10.9 Å². The molecule has 2 aromatic carbocycles. The lowest BCUT2D eigenvalue weighted by atomic mass is 10.1. The number of hydrogen-bond donors (Lipinski definition) is 2. The van der Waals surface area contributed by atoms with Gasteiger partial charge in [0, 0.05) is 22.9 Å². The molecule has 0 saturated heterocycles. The van der Waals surface area contributed by atoms with Crippen LogP contribution in [0.1, 0.15) is 34.5 Å². The molecule has 0 spiro atoms. The highest BCUT2D eigenvalue weighted by Crippen LogP contribution is 2.21. The summed E-state index contributed by atoms with van der Waals surface area (Å²) in [7, 11) is 0. The summed E-state index contributed by atoms with van der Waals surface area (Å²) in [6.07, 6.45) is 1.57. The van der Waals surface area contributed by atoms with Crippen LogP contribution in [0.3, 0.4) is 0 Å². The predicted octanol–water partition coefficient (Wildman–Crippen LogP) is 5.47. The Hall–Kier alpha value is -2.85. The van der Waals surface area contributed by atoms with E-state index in [-0.39, 0.29) is 11.9 Å². The Balaban J connectivity index is 1.66. The van der Waals surface area contributed by atoms with E-state index >= 15 is 0 Å². The van der Waals surface area contributed by atoms with E-state index in [1.807, 2.05) is 37.3 Å². The topological polar surface area (TPSA) is 54.0 Å². The van der Waals surface area contributed by atoms with Gasteiger partial charge >= 0.3 is 0 Å². The second-order valence-electron chi connectivity index (χ2n) is 6.12. The average Bonchev–Trinajstić information content (AvgIpc) is 2.65. The summed E-state index contributed by atoms with van der Waals surface area (Å²) in [5.41, 5.74) is 3.32. The predicted molar refractivity (Wildman–Crippen MR) is 107 cm³/mol. The molecule has 0 bridgehead atoms. The third kappa shape index (κ3) is 4.41. The number of hydrogen-bond acceptors (Lipinski definition) is 3. The Bertz CT molecular complexity index is 895. The van der Waals surface area contributed by atoms with Gasteiger partial charge in [0.2, 0.25) is 0 Å². The number of benzene rings is 2. The van der Waals surface area contributed by atoms with Gasteiger partial charge in [-0.15, -0.1) is 0 Å². The van der Waals surface area contributed by atoms with Gasteiger partial charge in [-0.1, -0.05) is 41.9 Å². The van der Waals surface area contributed by atoms with Gasteiger partial charge in [0.05, 0.1) is 5.56 Å². The summed E-state index contributed by atoms with van der Waals surface area (Å²) in [5, 5.41) is 6.86. The summed E-state index contributed by atoms with van der Waals surface area (Å²) < 4.78 is 0. The van der Waals surface area contributed by atoms with Gasteiger partial charge in [0.1, 0.15) is 5.82 Å². The van der Waals surface area contributed by atoms with Crippen LogP contribution >= 0.6 is 11.6 Å². The van der Waals surface area contributed by atoms with Crippen molar-refractivity contribution in [3.05, 3.63) is 88.6 Å². The first-order valence-corrected chi connectivity index (χ1v) is 8.76. The number of aromatic nitrogens is 1. The van der Waals surface area contributed by atoms with Gasteiger partial charge in [0.15, 0.2) is 0 Å². The molecule has 0 saturated carbocycles. The van der Waals surface area contributed by atoms with E-state index < -0.39 is 0 Å². The summed E-state index contributed by atoms with van der Waals surface area (Å²) in [6.45, 7) is 3.97. The van der Waals surface area contributed by atoms with E-state index in [1.54, 1.807) is 24.4 Å². The zero-order valence-corrected chi connectivity index (χ0v) is 15.4.